The van der Waals surface area contributed by atoms with Crippen LogP contribution in [0.25, 0.3) is 10.9 Å². The maximum atomic E-state index is 13.3. The highest BCUT2D eigenvalue weighted by Gasteiger charge is 2.28. The number of para-hydroxylation sites is 1. The Kier molecular flexibility index (Phi) is 5.72. The van der Waals surface area contributed by atoms with E-state index in [1.54, 1.807) is 13.3 Å². The molecule has 4 rings (SSSR count). The number of likely N-dealkylation sites (tertiary alicyclic amines) is 1. The Balaban J connectivity index is 1.59. The van der Waals surface area contributed by atoms with Gasteiger partial charge in [0.1, 0.15) is 0 Å². The molecule has 1 saturated heterocycles. The maximum Gasteiger partial charge on any atom is 0.227 e. The first-order valence-electron chi connectivity index (χ1n) is 10.0. The van der Waals surface area contributed by atoms with Crippen LogP contribution in [0, 0.1) is 0 Å². The van der Waals surface area contributed by atoms with Crippen LogP contribution in [-0.4, -0.2) is 40.6 Å². The van der Waals surface area contributed by atoms with Crippen molar-refractivity contribution in [3.8, 4) is 0 Å². The molecule has 1 aromatic carbocycles. The highest BCUT2D eigenvalue weighted by Crippen LogP contribution is 2.31. The van der Waals surface area contributed by atoms with Gasteiger partial charge in [0.15, 0.2) is 0 Å². The molecular weight excluding hydrogens is 350 g/mol. The highest BCUT2D eigenvalue weighted by molar-refractivity contribution is 5.89. The molecular formula is C23H27N3O2. The normalized spacial score (nSPS) is 17.2. The Labute approximate surface area is 165 Å². The fourth-order valence-electron chi connectivity index (χ4n) is 4.25. The van der Waals surface area contributed by atoms with Gasteiger partial charge >= 0.3 is 0 Å². The lowest BCUT2D eigenvalue weighted by Gasteiger charge is -2.36. The van der Waals surface area contributed by atoms with Crippen LogP contribution < -0.4 is 0 Å². The molecule has 0 spiro atoms. The number of aromatic nitrogens is 2. The summed E-state index contributed by atoms with van der Waals surface area (Å²) >= 11 is 0. The van der Waals surface area contributed by atoms with E-state index >= 15 is 0 Å². The molecule has 0 radical (unpaired) electrons. The van der Waals surface area contributed by atoms with Crippen LogP contribution in [0.4, 0.5) is 0 Å². The second-order valence-corrected chi connectivity index (χ2v) is 7.42. The van der Waals surface area contributed by atoms with Crippen LogP contribution in [0.5, 0.6) is 0 Å². The van der Waals surface area contributed by atoms with E-state index < -0.39 is 0 Å². The first kappa shape index (κ1) is 18.7. The van der Waals surface area contributed by atoms with Crippen LogP contribution >= 0.6 is 0 Å². The van der Waals surface area contributed by atoms with E-state index in [4.69, 9.17) is 4.74 Å². The van der Waals surface area contributed by atoms with Gasteiger partial charge in [-0.3, -0.25) is 9.78 Å². The van der Waals surface area contributed by atoms with Gasteiger partial charge in [0.05, 0.1) is 19.1 Å². The van der Waals surface area contributed by atoms with Crippen LogP contribution in [0.2, 0.25) is 0 Å². The van der Waals surface area contributed by atoms with Crippen LogP contribution in [-0.2, 0) is 22.5 Å². The van der Waals surface area contributed by atoms with Gasteiger partial charge in [0.2, 0.25) is 5.91 Å². The molecule has 0 saturated carbocycles. The Hall–Kier alpha value is -2.66. The van der Waals surface area contributed by atoms with Crippen LogP contribution in [0.15, 0.2) is 55.0 Å². The average Bonchev–Trinajstić information content (AvgIpc) is 3.10. The number of carbonyl (C=O) groups is 1. The Morgan fingerprint density at radius 3 is 2.93 bits per heavy atom. The zero-order valence-electron chi connectivity index (χ0n) is 16.4. The zero-order chi connectivity index (χ0) is 19.3. The van der Waals surface area contributed by atoms with E-state index in [1.807, 2.05) is 24.4 Å². The number of carbonyl (C=O) groups excluding carboxylic acids is 1. The van der Waals surface area contributed by atoms with Gasteiger partial charge in [0.25, 0.3) is 0 Å². The molecule has 1 atom stereocenters. The van der Waals surface area contributed by atoms with E-state index in [1.165, 1.54) is 0 Å². The number of hydrogen-bond acceptors (Lipinski definition) is 3. The van der Waals surface area contributed by atoms with Crippen molar-refractivity contribution in [2.45, 2.75) is 38.3 Å². The van der Waals surface area contributed by atoms with Crippen LogP contribution in [0.3, 0.4) is 0 Å². The highest BCUT2D eigenvalue weighted by atomic mass is 16.5. The molecule has 1 aliphatic rings. The van der Waals surface area contributed by atoms with E-state index in [2.05, 4.69) is 38.8 Å². The fraction of sp³-hybridized carbons (Fsp3) is 0.391. The summed E-state index contributed by atoms with van der Waals surface area (Å²) in [5, 5.41) is 1.15. The number of piperidine rings is 1. The van der Waals surface area contributed by atoms with Gasteiger partial charge in [-0.05, 0) is 42.5 Å². The molecule has 1 aliphatic heterocycles. The molecule has 5 heteroatoms. The molecule has 5 nitrogen and oxygen atoms in total. The minimum absolute atomic E-state index is 0.136. The van der Waals surface area contributed by atoms with E-state index in [9.17, 15) is 4.79 Å². The number of benzene rings is 1. The predicted molar refractivity (Wildman–Crippen MR) is 110 cm³/mol. The van der Waals surface area contributed by atoms with Gasteiger partial charge in [-0.2, -0.15) is 0 Å². The first-order chi connectivity index (χ1) is 13.8. The van der Waals surface area contributed by atoms with Gasteiger partial charge in [-0.1, -0.05) is 24.3 Å². The summed E-state index contributed by atoms with van der Waals surface area (Å²) in [5.74, 6) is 0.197. The van der Waals surface area contributed by atoms with Crippen molar-refractivity contribution in [1.82, 2.24) is 14.5 Å². The molecule has 3 aromatic rings. The quantitative estimate of drug-likeness (QED) is 0.653. The SMILES string of the molecule is COCCn1cc(CC(=O)N2CCCC[C@H]2c2cccnc2)c2ccccc21. The van der Waals surface area contributed by atoms with Gasteiger partial charge < -0.3 is 14.2 Å². The number of fused-ring (bicyclic) bond motifs is 1. The van der Waals surface area contributed by atoms with Crippen molar-refractivity contribution >= 4 is 16.8 Å². The zero-order valence-corrected chi connectivity index (χ0v) is 16.4. The molecule has 0 bridgehead atoms. The number of rotatable bonds is 6. The summed E-state index contributed by atoms with van der Waals surface area (Å²) in [6, 6.07) is 12.5. The average molecular weight is 377 g/mol. The smallest absolute Gasteiger partial charge is 0.227 e. The minimum Gasteiger partial charge on any atom is -0.383 e. The third-order valence-corrected chi connectivity index (χ3v) is 5.64. The number of nitrogens with zero attached hydrogens (tertiary/aromatic N) is 3. The molecule has 1 fully saturated rings. The Bertz CT molecular complexity index is 935. The van der Waals surface area contributed by atoms with Crippen molar-refractivity contribution in [1.29, 1.82) is 0 Å². The number of pyridine rings is 1. The molecule has 146 valence electrons. The summed E-state index contributed by atoms with van der Waals surface area (Å²) in [6.45, 7) is 2.26. The Morgan fingerprint density at radius 1 is 1.21 bits per heavy atom. The molecule has 0 aliphatic carbocycles. The lowest BCUT2D eigenvalue weighted by Crippen LogP contribution is -2.39. The third-order valence-electron chi connectivity index (χ3n) is 5.64. The van der Waals surface area contributed by atoms with E-state index in [0.717, 1.165) is 54.4 Å². The second-order valence-electron chi connectivity index (χ2n) is 7.42. The van der Waals surface area contributed by atoms with Crippen molar-refractivity contribution in [2.24, 2.45) is 0 Å². The number of hydrogen-bond donors (Lipinski definition) is 0. The van der Waals surface area contributed by atoms with Crippen molar-refractivity contribution in [3.05, 3.63) is 66.1 Å². The maximum absolute atomic E-state index is 13.3. The topological polar surface area (TPSA) is 47.4 Å². The van der Waals surface area contributed by atoms with E-state index in [-0.39, 0.29) is 11.9 Å². The van der Waals surface area contributed by atoms with E-state index in [0.29, 0.717) is 13.0 Å². The lowest BCUT2D eigenvalue weighted by molar-refractivity contribution is -0.134. The largest absolute Gasteiger partial charge is 0.383 e. The molecule has 0 N–H and O–H groups in total. The number of methoxy groups -OCH3 is 1. The number of ether oxygens (including phenoxy) is 1. The summed E-state index contributed by atoms with van der Waals surface area (Å²) in [7, 11) is 1.71. The van der Waals surface area contributed by atoms with Crippen molar-refractivity contribution in [2.75, 3.05) is 20.3 Å². The third kappa shape index (κ3) is 3.80. The number of amides is 1. The Morgan fingerprint density at radius 2 is 2.11 bits per heavy atom. The van der Waals surface area contributed by atoms with Gasteiger partial charge in [0, 0.05) is 49.7 Å². The molecule has 0 unspecified atom stereocenters. The molecule has 2 aromatic heterocycles. The molecule has 1 amide bonds. The minimum atomic E-state index is 0.136. The second kappa shape index (κ2) is 8.57. The summed E-state index contributed by atoms with van der Waals surface area (Å²) in [6.07, 6.45) is 9.45. The molecule has 28 heavy (non-hydrogen) atoms. The van der Waals surface area contributed by atoms with Gasteiger partial charge in [-0.15, -0.1) is 0 Å². The molecule has 3 heterocycles. The first-order valence-corrected chi connectivity index (χ1v) is 10.0. The fourth-order valence-corrected chi connectivity index (χ4v) is 4.25. The summed E-state index contributed by atoms with van der Waals surface area (Å²) in [5.41, 5.74) is 3.38. The summed E-state index contributed by atoms with van der Waals surface area (Å²) < 4.78 is 7.43. The standard InChI is InChI=1S/C23H27N3O2/c1-28-14-13-25-17-19(20-8-2-3-10-22(20)25)15-23(27)26-12-5-4-9-21(26)18-7-6-11-24-16-18/h2-3,6-8,10-11,16-17,21H,4-5,9,12-15H2,1H3/t21-/m0/s1. The monoisotopic (exact) mass is 377 g/mol. The van der Waals surface area contributed by atoms with Crippen LogP contribution in [0.1, 0.15) is 36.4 Å². The lowest BCUT2D eigenvalue weighted by atomic mass is 9.95. The predicted octanol–water partition coefficient (Wildman–Crippen LogP) is 3.98. The van der Waals surface area contributed by atoms with Crippen molar-refractivity contribution in [3.63, 3.8) is 0 Å². The summed E-state index contributed by atoms with van der Waals surface area (Å²) in [4.78, 5) is 19.6. The van der Waals surface area contributed by atoms with Crippen molar-refractivity contribution < 1.29 is 9.53 Å². The van der Waals surface area contributed by atoms with Gasteiger partial charge in [-0.25, -0.2) is 0 Å².